The molecule has 0 saturated heterocycles. The summed E-state index contributed by atoms with van der Waals surface area (Å²) in [4.78, 5) is 0. The van der Waals surface area contributed by atoms with Gasteiger partial charge >= 0.3 is 6.68 Å². The Morgan fingerprint density at radius 3 is 1.91 bits per heavy atom. The van der Waals surface area contributed by atoms with E-state index in [1.54, 1.807) is 0 Å². The van der Waals surface area contributed by atoms with E-state index in [9.17, 15) is 13.2 Å². The normalized spacial score (nSPS) is 11.4. The molecule has 0 aliphatic carbocycles. The van der Waals surface area contributed by atoms with Gasteiger partial charge in [0.25, 0.3) is 0 Å². The zero-order valence-corrected chi connectivity index (χ0v) is 12.4. The van der Waals surface area contributed by atoms with Crippen LogP contribution in [0.15, 0.2) is 66.7 Å². The van der Waals surface area contributed by atoms with E-state index in [-0.39, 0.29) is 0 Å². The predicted molar refractivity (Wildman–Crippen MR) is 85.6 cm³/mol. The van der Waals surface area contributed by atoms with Crippen molar-refractivity contribution in [3.05, 3.63) is 72.3 Å². The molecule has 0 unspecified atom stereocenters. The molecule has 2 aromatic carbocycles. The molecule has 116 valence electrons. The van der Waals surface area contributed by atoms with E-state index in [0.29, 0.717) is 0 Å². The Balaban J connectivity index is 0.000000541. The number of alkyl halides is 3. The Morgan fingerprint density at radius 1 is 0.909 bits per heavy atom. The monoisotopic (exact) mass is 306 g/mol. The summed E-state index contributed by atoms with van der Waals surface area (Å²) in [6, 6.07) is 20.7. The molecule has 0 aliphatic heterocycles. The maximum absolute atomic E-state index is 9.67. The smallest absolute Gasteiger partial charge is 0.199 e. The average molecular weight is 306 g/mol. The topological polar surface area (TPSA) is 3.01 Å². The number of halogens is 3. The number of nitrogens with zero attached hydrogens (tertiary/aromatic N) is 1. The molecule has 0 radical (unpaired) electrons. The largest absolute Gasteiger partial charge is 0.379 e. The number of hydrogen-bond acceptors (Lipinski definition) is 0. The van der Waals surface area contributed by atoms with E-state index < -0.39 is 6.68 Å². The van der Waals surface area contributed by atoms with Gasteiger partial charge in [-0.05, 0) is 18.6 Å². The number of para-hydroxylation sites is 1. The average Bonchev–Trinajstić information content (AvgIpc) is 2.53. The van der Waals surface area contributed by atoms with Gasteiger partial charge in [0.05, 0.1) is 0 Å². The summed E-state index contributed by atoms with van der Waals surface area (Å²) in [6.45, 7) is -0.553. The first-order valence-corrected chi connectivity index (χ1v) is 6.94. The van der Waals surface area contributed by atoms with Crippen molar-refractivity contribution in [1.29, 1.82) is 0 Å². The molecular weight excluding hydrogens is 287 g/mol. The van der Waals surface area contributed by atoms with E-state index in [2.05, 4.69) is 78.4 Å². The van der Waals surface area contributed by atoms with Gasteiger partial charge in [0.15, 0.2) is 6.21 Å². The minimum absolute atomic E-state index is 0.961. The zero-order chi connectivity index (χ0) is 16.2. The molecular formula is C18H19F3N+. The fraction of sp³-hybridized carbons (Fsp3) is 0.167. The van der Waals surface area contributed by atoms with Crippen LogP contribution in [-0.4, -0.2) is 24.0 Å². The number of allylic oxidation sites excluding steroid dienone is 1. The van der Waals surface area contributed by atoms with Crippen LogP contribution in [0.5, 0.6) is 0 Å². The molecule has 0 heterocycles. The molecule has 2 rings (SSSR count). The molecule has 2 aromatic rings. The highest BCUT2D eigenvalue weighted by Crippen LogP contribution is 2.09. The molecule has 0 saturated carbocycles. The molecule has 0 atom stereocenters. The Bertz CT molecular complexity index is 575. The van der Waals surface area contributed by atoms with Gasteiger partial charge in [0, 0.05) is 18.2 Å². The molecule has 0 N–H and O–H groups in total. The van der Waals surface area contributed by atoms with Gasteiger partial charge in [0.2, 0.25) is 5.69 Å². The molecule has 0 amide bonds. The quantitative estimate of drug-likeness (QED) is 0.532. The second-order valence-electron chi connectivity index (χ2n) is 4.29. The minimum Gasteiger partial charge on any atom is -0.199 e. The SMILES string of the molecule is CC[N+](=CC=Cc1ccccc1)c1ccccc1.FC(F)F. The lowest BCUT2D eigenvalue weighted by molar-refractivity contribution is -0.430. The van der Waals surface area contributed by atoms with Gasteiger partial charge in [-0.3, -0.25) is 0 Å². The number of rotatable bonds is 4. The lowest BCUT2D eigenvalue weighted by Crippen LogP contribution is -2.04. The fourth-order valence-corrected chi connectivity index (χ4v) is 1.82. The summed E-state index contributed by atoms with van der Waals surface area (Å²) in [6.07, 6.45) is 6.32. The standard InChI is InChI=1S/C17H18N.CHF3/c1-2-18(17-13-7-4-8-14-17)15-9-12-16-10-5-3-6-11-16;2-1(3)4/h3-15H,2H2,1H3;1H/q+1;. The van der Waals surface area contributed by atoms with Crippen molar-refractivity contribution in [3.8, 4) is 0 Å². The van der Waals surface area contributed by atoms with Crippen LogP contribution in [0.1, 0.15) is 12.5 Å². The Morgan fingerprint density at radius 2 is 1.41 bits per heavy atom. The highest BCUT2D eigenvalue weighted by Gasteiger charge is 2.02. The van der Waals surface area contributed by atoms with Crippen LogP contribution >= 0.6 is 0 Å². The van der Waals surface area contributed by atoms with Gasteiger partial charge in [0.1, 0.15) is 6.54 Å². The second-order valence-corrected chi connectivity index (χ2v) is 4.29. The van der Waals surface area contributed by atoms with Crippen LogP contribution < -0.4 is 0 Å². The van der Waals surface area contributed by atoms with Crippen LogP contribution in [0, 0.1) is 0 Å². The molecule has 0 bridgehead atoms. The molecule has 4 heteroatoms. The maximum atomic E-state index is 9.67. The van der Waals surface area contributed by atoms with E-state index >= 15 is 0 Å². The molecule has 0 fully saturated rings. The summed E-state index contributed by atoms with van der Waals surface area (Å²) in [7, 11) is 0. The molecule has 1 nitrogen and oxygen atoms in total. The maximum Gasteiger partial charge on any atom is 0.379 e. The van der Waals surface area contributed by atoms with Gasteiger partial charge < -0.3 is 0 Å². The Kier molecular flexibility index (Phi) is 8.35. The van der Waals surface area contributed by atoms with Gasteiger partial charge in [-0.25, -0.2) is 0 Å². The lowest BCUT2D eigenvalue weighted by atomic mass is 10.2. The second kappa shape index (κ2) is 10.4. The van der Waals surface area contributed by atoms with Crippen molar-refractivity contribution in [2.45, 2.75) is 13.6 Å². The summed E-state index contributed by atoms with van der Waals surface area (Å²) >= 11 is 0. The Labute approximate surface area is 129 Å². The third kappa shape index (κ3) is 7.43. The van der Waals surface area contributed by atoms with Crippen molar-refractivity contribution >= 4 is 18.0 Å². The first-order chi connectivity index (χ1) is 10.6. The first kappa shape index (κ1) is 17.7. The van der Waals surface area contributed by atoms with Crippen molar-refractivity contribution < 1.29 is 17.7 Å². The van der Waals surface area contributed by atoms with E-state index in [0.717, 1.165) is 6.54 Å². The van der Waals surface area contributed by atoms with Crippen molar-refractivity contribution in [3.63, 3.8) is 0 Å². The van der Waals surface area contributed by atoms with Crippen LogP contribution in [0.25, 0.3) is 6.08 Å². The minimum atomic E-state index is -3.67. The zero-order valence-electron chi connectivity index (χ0n) is 12.4. The third-order valence-corrected chi connectivity index (χ3v) is 2.78. The number of hydrogen-bond donors (Lipinski definition) is 0. The van der Waals surface area contributed by atoms with E-state index in [1.807, 2.05) is 12.1 Å². The van der Waals surface area contributed by atoms with Crippen molar-refractivity contribution in [1.82, 2.24) is 0 Å². The molecule has 0 aliphatic rings. The van der Waals surface area contributed by atoms with E-state index in [4.69, 9.17) is 0 Å². The first-order valence-electron chi connectivity index (χ1n) is 6.94. The van der Waals surface area contributed by atoms with Crippen molar-refractivity contribution in [2.24, 2.45) is 0 Å². The number of benzene rings is 2. The molecule has 22 heavy (non-hydrogen) atoms. The van der Waals surface area contributed by atoms with E-state index in [1.165, 1.54) is 11.3 Å². The predicted octanol–water partition coefficient (Wildman–Crippen LogP) is 5.31. The van der Waals surface area contributed by atoms with Gasteiger partial charge in [-0.2, -0.15) is 17.7 Å². The van der Waals surface area contributed by atoms with Crippen molar-refractivity contribution in [2.75, 3.05) is 6.54 Å². The van der Waals surface area contributed by atoms with Crippen LogP contribution in [-0.2, 0) is 0 Å². The molecule has 0 spiro atoms. The highest BCUT2D eigenvalue weighted by atomic mass is 19.4. The molecule has 0 aromatic heterocycles. The third-order valence-electron chi connectivity index (χ3n) is 2.78. The van der Waals surface area contributed by atoms with Gasteiger partial charge in [-0.1, -0.05) is 48.5 Å². The lowest BCUT2D eigenvalue weighted by Gasteiger charge is -1.97. The van der Waals surface area contributed by atoms with Crippen LogP contribution in [0.3, 0.4) is 0 Å². The fourth-order valence-electron chi connectivity index (χ4n) is 1.82. The summed E-state index contributed by atoms with van der Waals surface area (Å²) < 4.78 is 31.2. The van der Waals surface area contributed by atoms with Gasteiger partial charge in [-0.15, -0.1) is 0 Å². The highest BCUT2D eigenvalue weighted by molar-refractivity contribution is 5.75. The summed E-state index contributed by atoms with van der Waals surface area (Å²) in [5.74, 6) is 0. The summed E-state index contributed by atoms with van der Waals surface area (Å²) in [5.41, 5.74) is 2.44. The summed E-state index contributed by atoms with van der Waals surface area (Å²) in [5, 5.41) is 0. The van der Waals surface area contributed by atoms with Crippen LogP contribution in [0.4, 0.5) is 18.9 Å². The van der Waals surface area contributed by atoms with Crippen LogP contribution in [0.2, 0.25) is 0 Å². The Hall–Kier alpha value is -2.36.